The molecule has 1 atom stereocenters. The number of nitrogens with one attached hydrogen (secondary N) is 2. The molecule has 0 radical (unpaired) electrons. The molecule has 2 N–H and O–H groups in total. The van der Waals surface area contributed by atoms with E-state index in [4.69, 9.17) is 4.74 Å². The van der Waals surface area contributed by atoms with E-state index in [1.165, 1.54) is 12.1 Å². The monoisotopic (exact) mass is 353 g/mol. The number of H-pyrrole nitrogens is 1. The van der Waals surface area contributed by atoms with E-state index in [0.29, 0.717) is 35.1 Å². The average molecular weight is 353 g/mol. The Morgan fingerprint density at radius 1 is 1.23 bits per heavy atom. The lowest BCUT2D eigenvalue weighted by atomic mass is 10.0. The summed E-state index contributed by atoms with van der Waals surface area (Å²) in [7, 11) is 0. The lowest BCUT2D eigenvalue weighted by Gasteiger charge is -2.18. The van der Waals surface area contributed by atoms with E-state index < -0.39 is 11.9 Å². The van der Waals surface area contributed by atoms with Crippen LogP contribution < -0.4 is 15.6 Å². The van der Waals surface area contributed by atoms with Crippen molar-refractivity contribution in [2.24, 2.45) is 0 Å². The van der Waals surface area contributed by atoms with Crippen LogP contribution in [0.5, 0.6) is 5.75 Å². The Hall–Kier alpha value is -3.22. The van der Waals surface area contributed by atoms with Gasteiger partial charge < -0.3 is 10.1 Å². The number of fused-ring (bicyclic) bond motifs is 2. The number of rotatable bonds is 2. The van der Waals surface area contributed by atoms with E-state index in [0.717, 1.165) is 6.42 Å². The van der Waals surface area contributed by atoms with Crippen LogP contribution in [-0.4, -0.2) is 22.7 Å². The van der Waals surface area contributed by atoms with Crippen molar-refractivity contribution >= 4 is 16.7 Å². The van der Waals surface area contributed by atoms with Crippen LogP contribution in [0.15, 0.2) is 47.3 Å². The summed E-state index contributed by atoms with van der Waals surface area (Å²) in [6.45, 7) is 0.505. The predicted octanol–water partition coefficient (Wildman–Crippen LogP) is 2.71. The minimum atomic E-state index is -0.431. The van der Waals surface area contributed by atoms with E-state index in [-0.39, 0.29) is 17.1 Å². The number of halogens is 1. The number of amides is 1. The number of ether oxygens (including phenoxy) is 1. The number of aromatic nitrogens is 2. The molecule has 4 rings (SSSR count). The van der Waals surface area contributed by atoms with E-state index in [1.54, 1.807) is 30.3 Å². The van der Waals surface area contributed by atoms with Crippen molar-refractivity contribution in [3.63, 3.8) is 0 Å². The maximum Gasteiger partial charge on any atom is 0.272 e. The number of carbonyl (C=O) groups is 1. The van der Waals surface area contributed by atoms with Crippen molar-refractivity contribution in [3.8, 4) is 5.75 Å². The van der Waals surface area contributed by atoms with Gasteiger partial charge >= 0.3 is 0 Å². The third-order valence-electron chi connectivity index (χ3n) is 4.46. The summed E-state index contributed by atoms with van der Waals surface area (Å²) in [5.41, 5.74) is 0.375. The molecule has 26 heavy (non-hydrogen) atoms. The van der Waals surface area contributed by atoms with Crippen molar-refractivity contribution in [2.45, 2.75) is 18.9 Å². The molecule has 1 amide bonds. The minimum Gasteiger partial charge on any atom is -0.493 e. The topological polar surface area (TPSA) is 84.1 Å². The molecular formula is C19H16FN3O3. The molecule has 7 heteroatoms. The number of aromatic amines is 1. The number of nitrogens with zero attached hydrogens (tertiary/aromatic N) is 1. The number of benzene rings is 2. The number of carbonyl (C=O) groups excluding carboxylic acids is 1. The van der Waals surface area contributed by atoms with Crippen molar-refractivity contribution in [1.29, 1.82) is 0 Å². The highest BCUT2D eigenvalue weighted by Crippen LogP contribution is 2.32. The highest BCUT2D eigenvalue weighted by atomic mass is 19.1. The molecule has 0 bridgehead atoms. The van der Waals surface area contributed by atoms with Gasteiger partial charge in [0.1, 0.15) is 11.6 Å². The number of hydrogen-bond acceptors (Lipinski definition) is 4. The standard InChI is InChI=1S/C19H16FN3O3/c20-11-7-8-16-14(10-11)15(6-3-9-26-16)21-19(25)17-12-4-1-2-5-13(12)18(24)23-22-17/h1-2,4-5,7-8,10,15H,3,6,9H2,(H,21,25)(H,23,24)/t15-/m0/s1. The van der Waals surface area contributed by atoms with Crippen LogP contribution in [0.4, 0.5) is 4.39 Å². The molecule has 0 fully saturated rings. The molecule has 1 aromatic heterocycles. The Morgan fingerprint density at radius 2 is 2.04 bits per heavy atom. The van der Waals surface area contributed by atoms with Gasteiger partial charge in [0.05, 0.1) is 18.0 Å². The molecular weight excluding hydrogens is 337 g/mol. The van der Waals surface area contributed by atoms with Gasteiger partial charge in [0, 0.05) is 10.9 Å². The molecule has 0 saturated carbocycles. The molecule has 6 nitrogen and oxygen atoms in total. The van der Waals surface area contributed by atoms with Gasteiger partial charge in [-0.15, -0.1) is 0 Å². The van der Waals surface area contributed by atoms with Crippen LogP contribution in [0.3, 0.4) is 0 Å². The smallest absolute Gasteiger partial charge is 0.272 e. The van der Waals surface area contributed by atoms with Crippen LogP contribution >= 0.6 is 0 Å². The zero-order valence-electron chi connectivity index (χ0n) is 13.8. The SMILES string of the molecule is O=C(N[C@H]1CCCOc2ccc(F)cc21)c1n[nH]c(=O)c2ccccc12. The van der Waals surface area contributed by atoms with Crippen LogP contribution in [0.1, 0.15) is 34.9 Å². The van der Waals surface area contributed by atoms with Crippen LogP contribution in [0, 0.1) is 5.82 Å². The fourth-order valence-electron chi connectivity index (χ4n) is 3.21. The molecule has 2 aromatic carbocycles. The molecule has 3 aromatic rings. The molecule has 0 aliphatic carbocycles. The third kappa shape index (κ3) is 2.92. The first kappa shape index (κ1) is 16.3. The van der Waals surface area contributed by atoms with Gasteiger partial charge in [0.2, 0.25) is 0 Å². The first-order valence-corrected chi connectivity index (χ1v) is 8.34. The van der Waals surface area contributed by atoms with Crippen molar-refractivity contribution in [1.82, 2.24) is 15.5 Å². The van der Waals surface area contributed by atoms with Gasteiger partial charge in [0.15, 0.2) is 5.69 Å². The van der Waals surface area contributed by atoms with Gasteiger partial charge in [-0.1, -0.05) is 18.2 Å². The Balaban J connectivity index is 1.71. The summed E-state index contributed by atoms with van der Waals surface area (Å²) in [6, 6.07) is 10.7. The van der Waals surface area contributed by atoms with Gasteiger partial charge in [-0.25, -0.2) is 9.49 Å². The first-order valence-electron chi connectivity index (χ1n) is 8.34. The zero-order chi connectivity index (χ0) is 18.1. The Morgan fingerprint density at radius 3 is 2.88 bits per heavy atom. The molecule has 1 aliphatic rings. The van der Waals surface area contributed by atoms with E-state index in [2.05, 4.69) is 15.5 Å². The Kier molecular flexibility index (Phi) is 4.12. The largest absolute Gasteiger partial charge is 0.493 e. The van der Waals surface area contributed by atoms with E-state index >= 15 is 0 Å². The summed E-state index contributed by atoms with van der Waals surface area (Å²) >= 11 is 0. The lowest BCUT2D eigenvalue weighted by molar-refractivity contribution is 0.0930. The average Bonchev–Trinajstić information content (AvgIpc) is 2.84. The number of hydrogen-bond donors (Lipinski definition) is 2. The maximum atomic E-state index is 13.7. The maximum absolute atomic E-state index is 13.7. The quantitative estimate of drug-likeness (QED) is 0.742. The van der Waals surface area contributed by atoms with Crippen molar-refractivity contribution in [3.05, 3.63) is 69.9 Å². The van der Waals surface area contributed by atoms with Crippen molar-refractivity contribution in [2.75, 3.05) is 6.61 Å². The summed E-state index contributed by atoms with van der Waals surface area (Å²) in [5.74, 6) is -0.255. The van der Waals surface area contributed by atoms with Crippen LogP contribution in [0.2, 0.25) is 0 Å². The molecule has 132 valence electrons. The summed E-state index contributed by atoms with van der Waals surface area (Å²) < 4.78 is 19.3. The fraction of sp³-hybridized carbons (Fsp3) is 0.211. The summed E-state index contributed by atoms with van der Waals surface area (Å²) in [4.78, 5) is 24.7. The van der Waals surface area contributed by atoms with Gasteiger partial charge in [-0.05, 0) is 37.1 Å². The lowest BCUT2D eigenvalue weighted by Crippen LogP contribution is -2.30. The van der Waals surface area contributed by atoms with E-state index in [1.807, 2.05) is 0 Å². The summed E-state index contributed by atoms with van der Waals surface area (Å²) in [5, 5.41) is 10.0. The highest BCUT2D eigenvalue weighted by molar-refractivity contribution is 6.04. The van der Waals surface area contributed by atoms with Gasteiger partial charge in [-0.2, -0.15) is 5.10 Å². The molecule has 0 saturated heterocycles. The van der Waals surface area contributed by atoms with Gasteiger partial charge in [0.25, 0.3) is 11.5 Å². The van der Waals surface area contributed by atoms with Crippen LogP contribution in [-0.2, 0) is 0 Å². The van der Waals surface area contributed by atoms with Crippen molar-refractivity contribution < 1.29 is 13.9 Å². The molecule has 2 heterocycles. The second-order valence-electron chi connectivity index (χ2n) is 6.15. The normalized spacial score (nSPS) is 16.4. The Bertz CT molecular complexity index is 1050. The fourth-order valence-corrected chi connectivity index (χ4v) is 3.21. The summed E-state index contributed by atoms with van der Waals surface area (Å²) in [6.07, 6.45) is 1.34. The third-order valence-corrected chi connectivity index (χ3v) is 4.46. The molecule has 0 spiro atoms. The van der Waals surface area contributed by atoms with Crippen LogP contribution in [0.25, 0.3) is 10.8 Å². The zero-order valence-corrected chi connectivity index (χ0v) is 13.8. The first-order chi connectivity index (χ1) is 12.6. The molecule has 0 unspecified atom stereocenters. The highest BCUT2D eigenvalue weighted by Gasteiger charge is 2.24. The Labute approximate surface area is 148 Å². The van der Waals surface area contributed by atoms with Gasteiger partial charge in [-0.3, -0.25) is 9.59 Å². The minimum absolute atomic E-state index is 0.128. The van der Waals surface area contributed by atoms with E-state index in [9.17, 15) is 14.0 Å². The second-order valence-corrected chi connectivity index (χ2v) is 6.15. The second kappa shape index (κ2) is 6.59. The predicted molar refractivity (Wildman–Crippen MR) is 93.7 cm³/mol. The molecule has 1 aliphatic heterocycles.